The molecule has 17 heavy (non-hydrogen) atoms. The fourth-order valence-electron chi connectivity index (χ4n) is 1.54. The van der Waals surface area contributed by atoms with Crippen molar-refractivity contribution in [1.29, 1.82) is 0 Å². The van der Waals surface area contributed by atoms with Crippen LogP contribution in [0.5, 0.6) is 0 Å². The van der Waals surface area contributed by atoms with E-state index in [1.807, 2.05) is 48.1 Å². The van der Waals surface area contributed by atoms with Gasteiger partial charge in [-0.1, -0.05) is 18.2 Å². The quantitative estimate of drug-likeness (QED) is 0.607. The molecule has 2 aromatic rings. The Bertz CT molecular complexity index is 523. The molecule has 0 aliphatic heterocycles. The molecule has 0 saturated heterocycles. The third-order valence-corrected chi connectivity index (χ3v) is 2.45. The normalized spacial score (nSPS) is 10.2. The Hall–Kier alpha value is -2.30. The molecule has 0 saturated carbocycles. The summed E-state index contributed by atoms with van der Waals surface area (Å²) in [6, 6.07) is 9.91. The maximum atomic E-state index is 5.31. The largest absolute Gasteiger partial charge is 0.370 e. The van der Waals surface area contributed by atoms with Crippen LogP contribution in [0, 0.1) is 6.92 Å². The number of hydrogen-bond acceptors (Lipinski definition) is 2. The average molecular weight is 229 g/mol. The first-order valence-corrected chi connectivity index (χ1v) is 5.33. The first-order chi connectivity index (χ1) is 8.16. The molecule has 4 N–H and O–H groups in total. The molecule has 0 amide bonds. The van der Waals surface area contributed by atoms with Gasteiger partial charge in [0.2, 0.25) is 0 Å². The first-order valence-electron chi connectivity index (χ1n) is 5.33. The van der Waals surface area contributed by atoms with Gasteiger partial charge in [0.25, 0.3) is 0 Å². The topological polar surface area (TPSA) is 82.2 Å². The molecular formula is C12H15N5. The fourth-order valence-corrected chi connectivity index (χ4v) is 1.54. The molecule has 0 aliphatic rings. The van der Waals surface area contributed by atoms with Crippen LogP contribution in [0.15, 0.2) is 41.5 Å². The van der Waals surface area contributed by atoms with Crippen LogP contribution < -0.4 is 11.5 Å². The van der Waals surface area contributed by atoms with Crippen molar-refractivity contribution in [2.75, 3.05) is 0 Å². The summed E-state index contributed by atoms with van der Waals surface area (Å²) in [5, 5.41) is 4.42. The predicted octanol–water partition coefficient (Wildman–Crippen LogP) is 0.954. The maximum absolute atomic E-state index is 5.31. The number of benzene rings is 1. The highest BCUT2D eigenvalue weighted by Gasteiger charge is 2.05. The van der Waals surface area contributed by atoms with Gasteiger partial charge in [0.1, 0.15) is 0 Å². The molecule has 0 spiro atoms. The van der Waals surface area contributed by atoms with E-state index in [1.54, 1.807) is 0 Å². The zero-order valence-corrected chi connectivity index (χ0v) is 9.67. The van der Waals surface area contributed by atoms with Gasteiger partial charge >= 0.3 is 0 Å². The minimum Gasteiger partial charge on any atom is -0.370 e. The summed E-state index contributed by atoms with van der Waals surface area (Å²) in [6.45, 7) is 2.40. The van der Waals surface area contributed by atoms with E-state index in [-0.39, 0.29) is 5.96 Å². The number of guanidine groups is 1. The maximum Gasteiger partial charge on any atom is 0.186 e. The van der Waals surface area contributed by atoms with Crippen LogP contribution in [0.2, 0.25) is 0 Å². The van der Waals surface area contributed by atoms with Crippen molar-refractivity contribution in [3.05, 3.63) is 47.8 Å². The average Bonchev–Trinajstić information content (AvgIpc) is 2.69. The van der Waals surface area contributed by atoms with Crippen molar-refractivity contribution in [1.82, 2.24) is 9.78 Å². The summed E-state index contributed by atoms with van der Waals surface area (Å²) in [4.78, 5) is 3.98. The third-order valence-electron chi connectivity index (χ3n) is 2.45. The molecule has 88 valence electrons. The van der Waals surface area contributed by atoms with E-state index >= 15 is 0 Å². The van der Waals surface area contributed by atoms with Gasteiger partial charge in [0, 0.05) is 11.8 Å². The minimum absolute atomic E-state index is 0.0943. The lowest BCUT2D eigenvalue weighted by atomic mass is 10.3. The number of hydrogen-bond donors (Lipinski definition) is 2. The number of nitrogens with two attached hydrogens (primary N) is 2. The van der Waals surface area contributed by atoms with Gasteiger partial charge in [-0.15, -0.1) is 0 Å². The van der Waals surface area contributed by atoms with Crippen LogP contribution >= 0.6 is 0 Å². The van der Waals surface area contributed by atoms with Crippen LogP contribution in [0.25, 0.3) is 5.69 Å². The fraction of sp³-hybridized carbons (Fsp3) is 0.167. The second-order valence-corrected chi connectivity index (χ2v) is 3.76. The van der Waals surface area contributed by atoms with Gasteiger partial charge in [0.05, 0.1) is 17.9 Å². The number of para-hydroxylation sites is 1. The summed E-state index contributed by atoms with van der Waals surface area (Å²) in [7, 11) is 0. The molecule has 2 rings (SSSR count). The number of nitrogens with zero attached hydrogens (tertiary/aromatic N) is 3. The SMILES string of the molecule is Cc1nn(-c2ccccc2)cc1CN=C(N)N. The number of rotatable bonds is 3. The minimum atomic E-state index is 0.0943. The van der Waals surface area contributed by atoms with Gasteiger partial charge in [0.15, 0.2) is 5.96 Å². The Morgan fingerprint density at radius 2 is 2.00 bits per heavy atom. The summed E-state index contributed by atoms with van der Waals surface area (Å²) in [6.07, 6.45) is 1.94. The van der Waals surface area contributed by atoms with E-state index in [4.69, 9.17) is 11.5 Å². The molecule has 0 unspecified atom stereocenters. The molecule has 0 atom stereocenters. The van der Waals surface area contributed by atoms with Crippen LogP contribution in [0.3, 0.4) is 0 Å². The first kappa shape index (κ1) is 11.2. The number of aryl methyl sites for hydroxylation is 1. The number of aromatic nitrogens is 2. The zero-order chi connectivity index (χ0) is 12.3. The van der Waals surface area contributed by atoms with Gasteiger partial charge < -0.3 is 11.5 Å². The highest BCUT2D eigenvalue weighted by molar-refractivity contribution is 5.75. The Morgan fingerprint density at radius 1 is 1.29 bits per heavy atom. The van der Waals surface area contributed by atoms with Crippen molar-refractivity contribution in [2.45, 2.75) is 13.5 Å². The van der Waals surface area contributed by atoms with Gasteiger partial charge in [-0.05, 0) is 19.1 Å². The van der Waals surface area contributed by atoms with Crippen molar-refractivity contribution in [2.24, 2.45) is 16.5 Å². The molecule has 1 heterocycles. The van der Waals surface area contributed by atoms with Crippen LogP contribution in [0.4, 0.5) is 0 Å². The number of aliphatic imine (C=N–C) groups is 1. The molecule has 0 bridgehead atoms. The van der Waals surface area contributed by atoms with Gasteiger partial charge in [-0.2, -0.15) is 5.10 Å². The smallest absolute Gasteiger partial charge is 0.186 e. The van der Waals surface area contributed by atoms with Gasteiger partial charge in [-0.3, -0.25) is 0 Å². The van der Waals surface area contributed by atoms with E-state index < -0.39 is 0 Å². The lowest BCUT2D eigenvalue weighted by Crippen LogP contribution is -2.22. The van der Waals surface area contributed by atoms with Crippen molar-refractivity contribution >= 4 is 5.96 Å². The highest BCUT2D eigenvalue weighted by atomic mass is 15.3. The molecule has 5 nitrogen and oxygen atoms in total. The second-order valence-electron chi connectivity index (χ2n) is 3.76. The van der Waals surface area contributed by atoms with Crippen molar-refractivity contribution < 1.29 is 0 Å². The molecule has 5 heteroatoms. The molecular weight excluding hydrogens is 214 g/mol. The lowest BCUT2D eigenvalue weighted by Gasteiger charge is -1.98. The summed E-state index contributed by atoms with van der Waals surface area (Å²) in [5.41, 5.74) is 13.6. The molecule has 1 aromatic heterocycles. The summed E-state index contributed by atoms with van der Waals surface area (Å²) in [5.74, 6) is 0.0943. The Labute approximate surface area is 99.8 Å². The van der Waals surface area contributed by atoms with E-state index in [1.165, 1.54) is 0 Å². The van der Waals surface area contributed by atoms with Crippen LogP contribution in [0.1, 0.15) is 11.3 Å². The van der Waals surface area contributed by atoms with E-state index in [2.05, 4.69) is 10.1 Å². The van der Waals surface area contributed by atoms with Crippen LogP contribution in [-0.4, -0.2) is 15.7 Å². The van der Waals surface area contributed by atoms with Crippen molar-refractivity contribution in [3.8, 4) is 5.69 Å². The van der Waals surface area contributed by atoms with E-state index in [0.29, 0.717) is 6.54 Å². The Morgan fingerprint density at radius 3 is 2.65 bits per heavy atom. The lowest BCUT2D eigenvalue weighted by molar-refractivity contribution is 0.863. The second kappa shape index (κ2) is 4.69. The molecule has 0 fully saturated rings. The van der Waals surface area contributed by atoms with Crippen molar-refractivity contribution in [3.63, 3.8) is 0 Å². The molecule has 1 aromatic carbocycles. The molecule has 0 radical (unpaired) electrons. The van der Waals surface area contributed by atoms with Gasteiger partial charge in [-0.25, -0.2) is 9.67 Å². The highest BCUT2D eigenvalue weighted by Crippen LogP contribution is 2.12. The standard InChI is InChI=1S/C12H15N5/c1-9-10(7-15-12(13)14)8-17(16-9)11-5-3-2-4-6-11/h2-6,8H,7H2,1H3,(H4,13,14,15). The van der Waals surface area contributed by atoms with E-state index in [9.17, 15) is 0 Å². The van der Waals surface area contributed by atoms with E-state index in [0.717, 1.165) is 16.9 Å². The zero-order valence-electron chi connectivity index (χ0n) is 9.67. The Kier molecular flexibility index (Phi) is 3.09. The molecule has 0 aliphatic carbocycles. The predicted molar refractivity (Wildman–Crippen MR) is 67.8 cm³/mol. The summed E-state index contributed by atoms with van der Waals surface area (Å²) >= 11 is 0. The summed E-state index contributed by atoms with van der Waals surface area (Å²) < 4.78 is 1.83. The third kappa shape index (κ3) is 2.63. The Balaban J connectivity index is 2.28. The monoisotopic (exact) mass is 229 g/mol. The van der Waals surface area contributed by atoms with Crippen LogP contribution in [-0.2, 0) is 6.54 Å².